The van der Waals surface area contributed by atoms with E-state index in [0.717, 1.165) is 58.7 Å². The zero-order valence-corrected chi connectivity index (χ0v) is 17.8. The van der Waals surface area contributed by atoms with Crippen molar-refractivity contribution in [1.82, 2.24) is 10.2 Å². The Bertz CT molecular complexity index is 720. The molecule has 0 unspecified atom stereocenters. The van der Waals surface area contributed by atoms with Crippen LogP contribution in [0.3, 0.4) is 0 Å². The number of nitrogens with two attached hydrogens (primary N) is 1. The Morgan fingerprint density at radius 1 is 1.14 bits per heavy atom. The smallest absolute Gasteiger partial charge is 0.188 e. The Morgan fingerprint density at radius 2 is 2.00 bits per heavy atom. The fraction of sp³-hybridized carbons (Fsp3) is 0.500. The number of nitrogens with zero attached hydrogens (tertiary/aromatic N) is 3. The van der Waals surface area contributed by atoms with E-state index >= 15 is 0 Å². The number of aliphatic imine (C=N–C) groups is 1. The Kier molecular flexibility index (Phi) is 8.18. The lowest BCUT2D eigenvalue weighted by Crippen LogP contribution is -2.46. The number of thiophene rings is 1. The molecule has 1 aliphatic heterocycles. The third kappa shape index (κ3) is 6.84. The summed E-state index contributed by atoms with van der Waals surface area (Å²) in [5.41, 5.74) is 8.64. The molecule has 1 aromatic heterocycles. The Hall–Kier alpha value is -2.05. The van der Waals surface area contributed by atoms with Gasteiger partial charge in [0.25, 0.3) is 0 Å². The van der Waals surface area contributed by atoms with Gasteiger partial charge in [-0.2, -0.15) is 0 Å². The average Bonchev–Trinajstić information content (AvgIpc) is 3.22. The van der Waals surface area contributed by atoms with Crippen LogP contribution in [0.5, 0.6) is 0 Å². The minimum absolute atomic E-state index is 0.573. The summed E-state index contributed by atoms with van der Waals surface area (Å²) < 4.78 is 0. The number of hydrogen-bond donors (Lipinski definition) is 2. The van der Waals surface area contributed by atoms with Crippen molar-refractivity contribution in [2.24, 2.45) is 10.7 Å². The van der Waals surface area contributed by atoms with Crippen LogP contribution >= 0.6 is 11.3 Å². The second-order valence-corrected chi connectivity index (χ2v) is 8.43. The molecule has 28 heavy (non-hydrogen) atoms. The number of hydrogen-bond acceptors (Lipinski definition) is 4. The van der Waals surface area contributed by atoms with Gasteiger partial charge < -0.3 is 16.0 Å². The van der Waals surface area contributed by atoms with E-state index in [-0.39, 0.29) is 0 Å². The first-order chi connectivity index (χ1) is 13.7. The zero-order chi connectivity index (χ0) is 19.6. The summed E-state index contributed by atoms with van der Waals surface area (Å²) in [6, 6.07) is 13.1. The molecule has 1 fully saturated rings. The van der Waals surface area contributed by atoms with Gasteiger partial charge in [0.05, 0.1) is 0 Å². The van der Waals surface area contributed by atoms with Crippen LogP contribution in [-0.4, -0.2) is 56.7 Å². The first kappa shape index (κ1) is 20.7. The van der Waals surface area contributed by atoms with Crippen LogP contribution in [0.25, 0.3) is 0 Å². The lowest BCUT2D eigenvalue weighted by atomic mass is 10.2. The van der Waals surface area contributed by atoms with E-state index in [4.69, 9.17) is 5.73 Å². The maximum atomic E-state index is 5.95. The quantitative estimate of drug-likeness (QED) is 0.386. The van der Waals surface area contributed by atoms with Gasteiger partial charge in [-0.1, -0.05) is 18.2 Å². The first-order valence-electron chi connectivity index (χ1n) is 10.3. The summed E-state index contributed by atoms with van der Waals surface area (Å²) in [5.74, 6) is 0.573. The van der Waals surface area contributed by atoms with Crippen molar-refractivity contribution in [2.75, 3.05) is 50.7 Å². The molecule has 0 aliphatic carbocycles. The molecule has 152 valence electrons. The molecule has 3 rings (SSSR count). The van der Waals surface area contributed by atoms with Crippen molar-refractivity contribution in [1.29, 1.82) is 0 Å². The highest BCUT2D eigenvalue weighted by Crippen LogP contribution is 2.17. The van der Waals surface area contributed by atoms with Crippen LogP contribution in [-0.2, 0) is 6.42 Å². The van der Waals surface area contributed by atoms with E-state index < -0.39 is 0 Å². The van der Waals surface area contributed by atoms with E-state index in [9.17, 15) is 0 Å². The van der Waals surface area contributed by atoms with Gasteiger partial charge >= 0.3 is 0 Å². The molecule has 0 bridgehead atoms. The molecule has 6 heteroatoms. The lowest BCUT2D eigenvalue weighted by molar-refractivity contribution is 0.253. The molecule has 2 aromatic rings. The number of piperazine rings is 1. The second-order valence-electron chi connectivity index (χ2n) is 7.40. The van der Waals surface area contributed by atoms with Gasteiger partial charge in [0.15, 0.2) is 5.96 Å². The first-order valence-corrected chi connectivity index (χ1v) is 11.2. The van der Waals surface area contributed by atoms with Crippen molar-refractivity contribution in [3.8, 4) is 0 Å². The minimum atomic E-state index is 0.573. The third-order valence-electron chi connectivity index (χ3n) is 5.16. The predicted molar refractivity (Wildman–Crippen MR) is 122 cm³/mol. The molecule has 5 nitrogen and oxygen atoms in total. The van der Waals surface area contributed by atoms with Crippen molar-refractivity contribution >= 4 is 23.0 Å². The fourth-order valence-corrected chi connectivity index (χ4v) is 4.23. The standard InChI is InChI=1S/C22H33N5S/c1-19-6-4-7-20(18-19)27-15-13-26(14-16-27)12-3-2-10-24-22(23)25-11-9-21-8-5-17-28-21/h4-8,17-18H,2-3,9-16H2,1H3,(H3,23,24,25). The van der Waals surface area contributed by atoms with Crippen LogP contribution in [0.4, 0.5) is 5.69 Å². The Morgan fingerprint density at radius 3 is 2.75 bits per heavy atom. The van der Waals surface area contributed by atoms with Gasteiger partial charge in [0.1, 0.15) is 0 Å². The van der Waals surface area contributed by atoms with Gasteiger partial charge in [-0.25, -0.2) is 0 Å². The summed E-state index contributed by atoms with van der Waals surface area (Å²) >= 11 is 1.78. The highest BCUT2D eigenvalue weighted by molar-refractivity contribution is 7.09. The predicted octanol–water partition coefficient (Wildman–Crippen LogP) is 3.11. The number of anilines is 1. The molecule has 0 spiro atoms. The van der Waals surface area contributed by atoms with Gasteiger partial charge in [0.2, 0.25) is 0 Å². The summed E-state index contributed by atoms with van der Waals surface area (Å²) in [4.78, 5) is 10.9. The van der Waals surface area contributed by atoms with E-state index in [1.807, 2.05) is 0 Å². The molecule has 2 heterocycles. The maximum absolute atomic E-state index is 5.95. The molecule has 0 amide bonds. The maximum Gasteiger partial charge on any atom is 0.188 e. The molecule has 1 saturated heterocycles. The summed E-state index contributed by atoms with van der Waals surface area (Å²) in [6.45, 7) is 9.48. The molecule has 1 aliphatic rings. The monoisotopic (exact) mass is 399 g/mol. The largest absolute Gasteiger partial charge is 0.370 e. The summed E-state index contributed by atoms with van der Waals surface area (Å²) in [5, 5.41) is 5.31. The van der Waals surface area contributed by atoms with Gasteiger partial charge in [-0.3, -0.25) is 9.89 Å². The summed E-state index contributed by atoms with van der Waals surface area (Å²) in [6.07, 6.45) is 3.27. The van der Waals surface area contributed by atoms with Crippen LogP contribution < -0.4 is 16.0 Å². The SMILES string of the molecule is Cc1cccc(N2CCN(CCCCN=C(N)NCCc3cccs3)CC2)c1. The van der Waals surface area contributed by atoms with E-state index in [2.05, 4.69) is 68.8 Å². The molecule has 0 saturated carbocycles. The van der Waals surface area contributed by atoms with Crippen LogP contribution in [0, 0.1) is 6.92 Å². The average molecular weight is 400 g/mol. The lowest BCUT2D eigenvalue weighted by Gasteiger charge is -2.36. The van der Waals surface area contributed by atoms with E-state index in [1.165, 1.54) is 22.5 Å². The Balaban J connectivity index is 1.24. The minimum Gasteiger partial charge on any atom is -0.370 e. The van der Waals surface area contributed by atoms with Gasteiger partial charge in [-0.15, -0.1) is 11.3 Å². The van der Waals surface area contributed by atoms with Crippen LogP contribution in [0.1, 0.15) is 23.3 Å². The fourth-order valence-electron chi connectivity index (χ4n) is 3.53. The third-order valence-corrected chi connectivity index (χ3v) is 6.10. The van der Waals surface area contributed by atoms with E-state index in [1.54, 1.807) is 11.3 Å². The highest BCUT2D eigenvalue weighted by atomic mass is 32.1. The molecule has 0 radical (unpaired) electrons. The van der Waals surface area contributed by atoms with Crippen molar-refractivity contribution in [2.45, 2.75) is 26.2 Å². The second kappa shape index (κ2) is 11.1. The topological polar surface area (TPSA) is 56.9 Å². The van der Waals surface area contributed by atoms with Crippen molar-refractivity contribution < 1.29 is 0 Å². The number of nitrogens with one attached hydrogen (secondary N) is 1. The molecule has 0 atom stereocenters. The van der Waals surface area contributed by atoms with Crippen LogP contribution in [0.2, 0.25) is 0 Å². The highest BCUT2D eigenvalue weighted by Gasteiger charge is 2.16. The van der Waals surface area contributed by atoms with Crippen molar-refractivity contribution in [3.05, 3.63) is 52.2 Å². The zero-order valence-electron chi connectivity index (χ0n) is 16.9. The summed E-state index contributed by atoms with van der Waals surface area (Å²) in [7, 11) is 0. The molecular weight excluding hydrogens is 366 g/mol. The van der Waals surface area contributed by atoms with E-state index in [0.29, 0.717) is 5.96 Å². The number of rotatable bonds is 9. The molecule has 1 aromatic carbocycles. The number of aryl methyl sites for hydroxylation is 1. The van der Waals surface area contributed by atoms with Crippen LogP contribution in [0.15, 0.2) is 46.8 Å². The van der Waals surface area contributed by atoms with Gasteiger partial charge in [-0.05, 0) is 61.9 Å². The number of unbranched alkanes of at least 4 members (excludes halogenated alkanes) is 1. The number of guanidine groups is 1. The van der Waals surface area contributed by atoms with Crippen molar-refractivity contribution in [3.63, 3.8) is 0 Å². The molecular formula is C22H33N5S. The number of benzene rings is 1. The Labute approximate surface area is 173 Å². The molecule has 3 N–H and O–H groups in total. The normalized spacial score (nSPS) is 15.8. The van der Waals surface area contributed by atoms with Gasteiger partial charge in [0, 0.05) is 49.8 Å².